The van der Waals surface area contributed by atoms with Crippen molar-refractivity contribution in [3.05, 3.63) is 44.4 Å². The van der Waals surface area contributed by atoms with Crippen LogP contribution in [0.25, 0.3) is 0 Å². The molecule has 0 unspecified atom stereocenters. The average molecular weight is 354 g/mol. The van der Waals surface area contributed by atoms with Crippen molar-refractivity contribution in [2.45, 2.75) is 90.9 Å². The summed E-state index contributed by atoms with van der Waals surface area (Å²) in [6, 6.07) is 0. The van der Waals surface area contributed by atoms with Crippen LogP contribution in [0.2, 0.25) is 0 Å². The minimum atomic E-state index is 1.20. The van der Waals surface area contributed by atoms with Gasteiger partial charge in [-0.25, -0.2) is 0 Å². The van der Waals surface area contributed by atoms with Crippen molar-refractivity contribution < 1.29 is 15.0 Å². The van der Waals surface area contributed by atoms with Crippen molar-refractivity contribution in [1.82, 2.24) is 0 Å². The standard InChI is InChI=1S/2C11H17.Fe/c2*1-2-3-4-5-8-11-9-6-7-10-11;/h2*6,9H,2-5,7-8H2,1H3;. The van der Waals surface area contributed by atoms with Crippen LogP contribution in [-0.4, -0.2) is 0 Å². The predicted molar refractivity (Wildman–Crippen MR) is 99.1 cm³/mol. The van der Waals surface area contributed by atoms with Gasteiger partial charge >= 0.3 is 150 Å². The second kappa shape index (κ2) is 11.1. The second-order valence-electron chi connectivity index (χ2n) is 6.75. The first-order chi connectivity index (χ1) is 11.3. The van der Waals surface area contributed by atoms with Crippen molar-refractivity contribution >= 4 is 0 Å². The van der Waals surface area contributed by atoms with Gasteiger partial charge in [0.2, 0.25) is 0 Å². The van der Waals surface area contributed by atoms with E-state index in [1.54, 1.807) is 20.1 Å². The van der Waals surface area contributed by atoms with Gasteiger partial charge in [-0.2, -0.15) is 0 Å². The van der Waals surface area contributed by atoms with Gasteiger partial charge in [-0.3, -0.25) is 0 Å². The SMILES string of the molecule is CCCCCCC1=[C]([Fe][C]2=C(CCCCCC)C=CC2)CC=C1. The maximum atomic E-state index is 2.41. The Labute approximate surface area is 150 Å². The summed E-state index contributed by atoms with van der Waals surface area (Å²) >= 11 is 1.24. The molecule has 0 saturated carbocycles. The molecule has 0 aliphatic heterocycles. The molecule has 0 spiro atoms. The number of unbranched alkanes of at least 4 members (excludes halogenated alkanes) is 6. The molecule has 0 heterocycles. The average Bonchev–Trinajstić information content (AvgIpc) is 3.18. The summed E-state index contributed by atoms with van der Waals surface area (Å²) in [5.41, 5.74) is 3.32. The molecule has 1 heteroatoms. The molecule has 0 nitrogen and oxygen atoms in total. The van der Waals surface area contributed by atoms with Crippen LogP contribution in [0.4, 0.5) is 0 Å². The first-order valence-electron chi connectivity index (χ1n) is 9.74. The van der Waals surface area contributed by atoms with E-state index in [0.29, 0.717) is 0 Å². The molecule has 0 aromatic carbocycles. The number of hydrogen-bond acceptors (Lipinski definition) is 0. The molecule has 0 N–H and O–H groups in total. The van der Waals surface area contributed by atoms with Gasteiger partial charge in [-0.15, -0.1) is 0 Å². The predicted octanol–water partition coefficient (Wildman–Crippen LogP) is 7.44. The van der Waals surface area contributed by atoms with Crippen molar-refractivity contribution in [3.63, 3.8) is 0 Å². The molecule has 0 atom stereocenters. The first-order valence-corrected chi connectivity index (χ1v) is 10.8. The van der Waals surface area contributed by atoms with E-state index in [-0.39, 0.29) is 0 Å². The molecule has 2 rings (SSSR count). The molecule has 0 fully saturated rings. The van der Waals surface area contributed by atoms with E-state index in [1.807, 2.05) is 0 Å². The summed E-state index contributed by atoms with van der Waals surface area (Å²) in [6.45, 7) is 4.59. The topological polar surface area (TPSA) is 0 Å². The first kappa shape index (κ1) is 18.8. The monoisotopic (exact) mass is 354 g/mol. The van der Waals surface area contributed by atoms with Crippen molar-refractivity contribution in [2.24, 2.45) is 0 Å². The van der Waals surface area contributed by atoms with Crippen LogP contribution in [0, 0.1) is 0 Å². The Balaban J connectivity index is 1.85. The van der Waals surface area contributed by atoms with Gasteiger partial charge in [0.15, 0.2) is 0 Å². The van der Waals surface area contributed by atoms with Crippen LogP contribution in [0.3, 0.4) is 0 Å². The number of hydrogen-bond donors (Lipinski definition) is 0. The molecule has 0 aromatic heterocycles. The fourth-order valence-electron chi connectivity index (χ4n) is 3.27. The summed E-state index contributed by atoms with van der Waals surface area (Å²) in [4.78, 5) is 0. The molecule has 130 valence electrons. The van der Waals surface area contributed by atoms with Gasteiger partial charge in [0.1, 0.15) is 0 Å². The Bertz CT molecular complexity index is 432. The summed E-state index contributed by atoms with van der Waals surface area (Å²) in [7, 11) is 0. The van der Waals surface area contributed by atoms with Crippen LogP contribution >= 0.6 is 0 Å². The molecule has 0 saturated heterocycles. The Hall–Kier alpha value is -0.521. The fourth-order valence-corrected chi connectivity index (χ4v) is 4.98. The second-order valence-corrected chi connectivity index (χ2v) is 8.36. The molecule has 0 radical (unpaired) electrons. The van der Waals surface area contributed by atoms with E-state index >= 15 is 0 Å². The van der Waals surface area contributed by atoms with Gasteiger partial charge in [-0.05, 0) is 0 Å². The van der Waals surface area contributed by atoms with Crippen LogP contribution < -0.4 is 0 Å². The molecule has 23 heavy (non-hydrogen) atoms. The van der Waals surface area contributed by atoms with Crippen molar-refractivity contribution in [2.75, 3.05) is 0 Å². The Kier molecular flexibility index (Phi) is 9.09. The third kappa shape index (κ3) is 6.47. The van der Waals surface area contributed by atoms with Crippen molar-refractivity contribution in [3.8, 4) is 0 Å². The van der Waals surface area contributed by atoms with E-state index < -0.39 is 0 Å². The van der Waals surface area contributed by atoms with Crippen LogP contribution in [0.5, 0.6) is 0 Å². The zero-order chi connectivity index (χ0) is 16.3. The molecular weight excluding hydrogens is 320 g/mol. The normalized spacial score (nSPS) is 17.3. The summed E-state index contributed by atoms with van der Waals surface area (Å²) in [5.74, 6) is 0. The summed E-state index contributed by atoms with van der Waals surface area (Å²) in [6.07, 6.45) is 25.6. The number of allylic oxidation sites excluding steroid dienone is 8. The van der Waals surface area contributed by atoms with Crippen LogP contribution in [-0.2, 0) is 15.0 Å². The van der Waals surface area contributed by atoms with Gasteiger partial charge < -0.3 is 0 Å². The third-order valence-corrected chi connectivity index (χ3v) is 6.54. The van der Waals surface area contributed by atoms with E-state index in [4.69, 9.17) is 0 Å². The van der Waals surface area contributed by atoms with Gasteiger partial charge in [-0.1, -0.05) is 0 Å². The van der Waals surface area contributed by atoms with Crippen LogP contribution in [0.15, 0.2) is 44.4 Å². The van der Waals surface area contributed by atoms with Gasteiger partial charge in [0.25, 0.3) is 0 Å². The third-order valence-electron chi connectivity index (χ3n) is 4.72. The molecular formula is C22H34Fe. The molecule has 2 aliphatic carbocycles. The minimum absolute atomic E-state index is 1.20. The van der Waals surface area contributed by atoms with E-state index in [9.17, 15) is 0 Å². The Morgan fingerprint density at radius 2 is 1.17 bits per heavy atom. The summed E-state index contributed by atoms with van der Waals surface area (Å²) in [5, 5.41) is 0. The van der Waals surface area contributed by atoms with Crippen LogP contribution in [0.1, 0.15) is 90.9 Å². The summed E-state index contributed by atoms with van der Waals surface area (Å²) < 4.78 is 3.43. The quantitative estimate of drug-likeness (QED) is 0.252. The molecule has 0 amide bonds. The fraction of sp³-hybridized carbons (Fsp3) is 0.636. The van der Waals surface area contributed by atoms with Gasteiger partial charge in [0, 0.05) is 0 Å². The Morgan fingerprint density at radius 3 is 1.61 bits per heavy atom. The zero-order valence-electron chi connectivity index (χ0n) is 15.1. The van der Waals surface area contributed by atoms with Gasteiger partial charge in [0.05, 0.1) is 0 Å². The molecule has 2 aliphatic rings. The van der Waals surface area contributed by atoms with E-state index in [1.165, 1.54) is 92.0 Å². The van der Waals surface area contributed by atoms with E-state index in [2.05, 4.69) is 38.2 Å². The number of rotatable bonds is 12. The van der Waals surface area contributed by atoms with Crippen molar-refractivity contribution in [1.29, 1.82) is 0 Å². The molecule has 0 bridgehead atoms. The van der Waals surface area contributed by atoms with E-state index in [0.717, 1.165) is 0 Å². The maximum absolute atomic E-state index is 2.41. The zero-order valence-corrected chi connectivity index (χ0v) is 16.3. The molecule has 0 aromatic rings. The Morgan fingerprint density at radius 1 is 0.696 bits per heavy atom.